The van der Waals surface area contributed by atoms with E-state index in [1.165, 1.54) is 18.5 Å². The van der Waals surface area contributed by atoms with Crippen molar-refractivity contribution in [3.05, 3.63) is 11.6 Å². The highest BCUT2D eigenvalue weighted by molar-refractivity contribution is 5.10. The van der Waals surface area contributed by atoms with Gasteiger partial charge in [0.15, 0.2) is 0 Å². The third-order valence-electron chi connectivity index (χ3n) is 2.67. The molecule has 70 valence electrons. The Balaban J connectivity index is 2.40. The van der Waals surface area contributed by atoms with Gasteiger partial charge < -0.3 is 4.74 Å². The maximum Gasteiger partial charge on any atom is 0.0589 e. The number of ether oxygens (including phenoxy) is 1. The lowest BCUT2D eigenvalue weighted by Crippen LogP contribution is -2.39. The monoisotopic (exact) mass is 169 g/mol. The van der Waals surface area contributed by atoms with Crippen LogP contribution in [0.4, 0.5) is 0 Å². The van der Waals surface area contributed by atoms with Crippen LogP contribution in [0.3, 0.4) is 0 Å². The normalized spacial score (nSPS) is 25.6. The Kier molecular flexibility index (Phi) is 3.76. The second-order valence-corrected chi connectivity index (χ2v) is 3.44. The van der Waals surface area contributed by atoms with Gasteiger partial charge in [-0.2, -0.15) is 0 Å². The largest absolute Gasteiger partial charge is 0.383 e. The molecule has 0 aromatic heterocycles. The van der Waals surface area contributed by atoms with E-state index in [2.05, 4.69) is 24.8 Å². The van der Waals surface area contributed by atoms with Gasteiger partial charge in [0, 0.05) is 26.2 Å². The molecule has 0 amide bonds. The molecule has 2 nitrogen and oxygen atoms in total. The van der Waals surface area contributed by atoms with Crippen LogP contribution in [0, 0.1) is 0 Å². The number of methoxy groups -OCH3 is 1. The van der Waals surface area contributed by atoms with Gasteiger partial charge in [-0.15, -0.1) is 0 Å². The van der Waals surface area contributed by atoms with Gasteiger partial charge in [0.1, 0.15) is 0 Å². The molecule has 1 aliphatic rings. The Morgan fingerprint density at radius 3 is 3.08 bits per heavy atom. The van der Waals surface area contributed by atoms with Gasteiger partial charge in [-0.05, 0) is 20.3 Å². The van der Waals surface area contributed by atoms with Gasteiger partial charge in [0.25, 0.3) is 0 Å². The van der Waals surface area contributed by atoms with Crippen molar-refractivity contribution >= 4 is 0 Å². The fraction of sp³-hybridized carbons (Fsp3) is 0.800. The zero-order valence-corrected chi connectivity index (χ0v) is 8.34. The van der Waals surface area contributed by atoms with E-state index >= 15 is 0 Å². The number of nitrogens with zero attached hydrogens (tertiary/aromatic N) is 1. The maximum atomic E-state index is 5.07. The average Bonchev–Trinajstić information content (AvgIpc) is 2.08. The molecule has 1 aliphatic heterocycles. The van der Waals surface area contributed by atoms with Crippen LogP contribution in [0.1, 0.15) is 20.3 Å². The van der Waals surface area contributed by atoms with E-state index in [0.29, 0.717) is 6.04 Å². The SMILES string of the molecule is COCCN1CCC=C(C)[C@H]1C. The molecule has 0 spiro atoms. The number of hydrogen-bond donors (Lipinski definition) is 0. The molecular weight excluding hydrogens is 150 g/mol. The summed E-state index contributed by atoms with van der Waals surface area (Å²) in [6.45, 7) is 7.56. The predicted octanol–water partition coefficient (Wildman–Crippen LogP) is 1.67. The Morgan fingerprint density at radius 1 is 1.67 bits per heavy atom. The van der Waals surface area contributed by atoms with Crippen LogP contribution in [0.2, 0.25) is 0 Å². The fourth-order valence-electron chi connectivity index (χ4n) is 1.62. The highest BCUT2D eigenvalue weighted by Crippen LogP contribution is 2.16. The van der Waals surface area contributed by atoms with Gasteiger partial charge in [-0.3, -0.25) is 4.90 Å². The smallest absolute Gasteiger partial charge is 0.0589 e. The molecule has 1 atom stereocenters. The van der Waals surface area contributed by atoms with Gasteiger partial charge in [0.05, 0.1) is 6.61 Å². The molecule has 0 aromatic carbocycles. The van der Waals surface area contributed by atoms with Gasteiger partial charge in [-0.1, -0.05) is 11.6 Å². The van der Waals surface area contributed by atoms with E-state index in [9.17, 15) is 0 Å². The van der Waals surface area contributed by atoms with E-state index in [1.807, 2.05) is 0 Å². The lowest BCUT2D eigenvalue weighted by molar-refractivity contribution is 0.131. The molecule has 0 aliphatic carbocycles. The molecule has 0 fully saturated rings. The second kappa shape index (κ2) is 4.63. The van der Waals surface area contributed by atoms with Crippen LogP contribution in [0.5, 0.6) is 0 Å². The molecule has 1 heterocycles. The zero-order chi connectivity index (χ0) is 8.97. The summed E-state index contributed by atoms with van der Waals surface area (Å²) in [5, 5.41) is 0. The first kappa shape index (κ1) is 9.75. The summed E-state index contributed by atoms with van der Waals surface area (Å²) in [4.78, 5) is 2.47. The summed E-state index contributed by atoms with van der Waals surface area (Å²) in [5.74, 6) is 0. The molecule has 2 heteroatoms. The van der Waals surface area contributed by atoms with Crippen molar-refractivity contribution < 1.29 is 4.74 Å². The Morgan fingerprint density at radius 2 is 2.42 bits per heavy atom. The first-order chi connectivity index (χ1) is 5.75. The highest BCUT2D eigenvalue weighted by Gasteiger charge is 2.17. The van der Waals surface area contributed by atoms with Crippen molar-refractivity contribution in [1.82, 2.24) is 4.90 Å². The van der Waals surface area contributed by atoms with E-state index in [-0.39, 0.29) is 0 Å². The van der Waals surface area contributed by atoms with Crippen molar-refractivity contribution in [3.8, 4) is 0 Å². The minimum atomic E-state index is 0.605. The molecule has 0 aromatic rings. The van der Waals surface area contributed by atoms with Crippen LogP contribution in [0.15, 0.2) is 11.6 Å². The van der Waals surface area contributed by atoms with Crippen molar-refractivity contribution in [2.45, 2.75) is 26.3 Å². The molecule has 1 rings (SSSR count). The topological polar surface area (TPSA) is 12.5 Å². The lowest BCUT2D eigenvalue weighted by atomic mass is 10.0. The first-order valence-corrected chi connectivity index (χ1v) is 4.65. The standard InChI is InChI=1S/C10H19NO/c1-9-5-4-6-11(10(9)2)7-8-12-3/h5,10H,4,6-8H2,1-3H3/t10-/m1/s1. The third kappa shape index (κ3) is 2.32. The van der Waals surface area contributed by atoms with Crippen LogP contribution in [-0.2, 0) is 4.74 Å². The van der Waals surface area contributed by atoms with Crippen molar-refractivity contribution in [2.75, 3.05) is 26.8 Å². The highest BCUT2D eigenvalue weighted by atomic mass is 16.5. The summed E-state index contributed by atoms with van der Waals surface area (Å²) in [6, 6.07) is 0.605. The third-order valence-corrected chi connectivity index (χ3v) is 2.67. The van der Waals surface area contributed by atoms with Crippen LogP contribution in [0.25, 0.3) is 0 Å². The van der Waals surface area contributed by atoms with Crippen molar-refractivity contribution in [1.29, 1.82) is 0 Å². The zero-order valence-electron chi connectivity index (χ0n) is 8.34. The molecule has 0 saturated heterocycles. The Labute approximate surface area is 75.2 Å². The van der Waals surface area contributed by atoms with Gasteiger partial charge in [-0.25, -0.2) is 0 Å². The molecule has 12 heavy (non-hydrogen) atoms. The van der Waals surface area contributed by atoms with E-state index in [4.69, 9.17) is 4.74 Å². The van der Waals surface area contributed by atoms with E-state index < -0.39 is 0 Å². The molecular formula is C10H19NO. The summed E-state index contributed by atoms with van der Waals surface area (Å²) in [7, 11) is 1.76. The minimum Gasteiger partial charge on any atom is -0.383 e. The molecule has 0 bridgehead atoms. The number of rotatable bonds is 3. The van der Waals surface area contributed by atoms with Crippen LogP contribution < -0.4 is 0 Å². The first-order valence-electron chi connectivity index (χ1n) is 4.65. The quantitative estimate of drug-likeness (QED) is 0.596. The summed E-state index contributed by atoms with van der Waals surface area (Å²) in [5.41, 5.74) is 1.50. The Bertz CT molecular complexity index is 165. The maximum absolute atomic E-state index is 5.07. The molecule has 0 saturated carbocycles. The summed E-state index contributed by atoms with van der Waals surface area (Å²) in [6.07, 6.45) is 3.54. The fourth-order valence-corrected chi connectivity index (χ4v) is 1.62. The predicted molar refractivity (Wildman–Crippen MR) is 51.3 cm³/mol. The average molecular weight is 169 g/mol. The molecule has 0 N–H and O–H groups in total. The van der Waals surface area contributed by atoms with Crippen LogP contribution >= 0.6 is 0 Å². The van der Waals surface area contributed by atoms with E-state index in [0.717, 1.165) is 13.2 Å². The van der Waals surface area contributed by atoms with Gasteiger partial charge >= 0.3 is 0 Å². The Hall–Kier alpha value is -0.340. The van der Waals surface area contributed by atoms with Crippen molar-refractivity contribution in [3.63, 3.8) is 0 Å². The minimum absolute atomic E-state index is 0.605. The van der Waals surface area contributed by atoms with Crippen molar-refractivity contribution in [2.24, 2.45) is 0 Å². The molecule has 0 radical (unpaired) electrons. The summed E-state index contributed by atoms with van der Waals surface area (Å²) < 4.78 is 5.07. The van der Waals surface area contributed by atoms with Gasteiger partial charge in [0.2, 0.25) is 0 Å². The summed E-state index contributed by atoms with van der Waals surface area (Å²) >= 11 is 0. The lowest BCUT2D eigenvalue weighted by Gasteiger charge is -2.32. The number of hydrogen-bond acceptors (Lipinski definition) is 2. The van der Waals surface area contributed by atoms with E-state index in [1.54, 1.807) is 7.11 Å². The molecule has 0 unspecified atom stereocenters. The second-order valence-electron chi connectivity index (χ2n) is 3.44. The van der Waals surface area contributed by atoms with Crippen LogP contribution in [-0.4, -0.2) is 37.7 Å².